The van der Waals surface area contributed by atoms with Gasteiger partial charge in [-0.2, -0.15) is 0 Å². The summed E-state index contributed by atoms with van der Waals surface area (Å²) in [6.07, 6.45) is 0. The van der Waals surface area contributed by atoms with Gasteiger partial charge in [0, 0.05) is 11.6 Å². The van der Waals surface area contributed by atoms with Crippen LogP contribution in [-0.2, 0) is 0 Å². The molecular formula is C18H19NO7. The number of carbonyl (C=O) groups excluding carboxylic acids is 1. The van der Waals surface area contributed by atoms with Gasteiger partial charge in [-0.05, 0) is 23.4 Å². The molecule has 0 fully saturated rings. The van der Waals surface area contributed by atoms with Crippen LogP contribution in [0.5, 0.6) is 28.7 Å². The first-order chi connectivity index (χ1) is 12.5. The Morgan fingerprint density at radius 1 is 0.731 bits per heavy atom. The number of methoxy groups -OCH3 is 5. The highest BCUT2D eigenvalue weighted by molar-refractivity contribution is 6.13. The number of ether oxygens (including phenoxy) is 5. The van der Waals surface area contributed by atoms with Crippen molar-refractivity contribution in [3.05, 3.63) is 40.3 Å². The van der Waals surface area contributed by atoms with E-state index in [1.165, 1.54) is 59.8 Å². The van der Waals surface area contributed by atoms with Gasteiger partial charge in [-0.1, -0.05) is 0 Å². The first-order valence-electron chi connectivity index (χ1n) is 7.48. The molecule has 0 amide bonds. The second-order valence-electron chi connectivity index (χ2n) is 5.06. The van der Waals surface area contributed by atoms with E-state index in [1.54, 1.807) is 0 Å². The molecule has 0 aliphatic heterocycles. The van der Waals surface area contributed by atoms with E-state index in [4.69, 9.17) is 23.7 Å². The van der Waals surface area contributed by atoms with E-state index in [2.05, 4.69) is 5.18 Å². The fraction of sp³-hybridized carbons (Fsp3) is 0.278. The largest absolute Gasteiger partial charge is 0.493 e. The number of hydrogen-bond acceptors (Lipinski definition) is 8. The molecule has 0 atom stereocenters. The van der Waals surface area contributed by atoms with E-state index < -0.39 is 5.78 Å². The number of ketones is 1. The fourth-order valence-corrected chi connectivity index (χ4v) is 2.49. The van der Waals surface area contributed by atoms with Gasteiger partial charge in [0.15, 0.2) is 28.8 Å². The summed E-state index contributed by atoms with van der Waals surface area (Å²) >= 11 is 0. The summed E-state index contributed by atoms with van der Waals surface area (Å²) in [6, 6.07) is 5.74. The van der Waals surface area contributed by atoms with Crippen LogP contribution < -0.4 is 23.7 Å². The number of nitroso groups, excluding NO2 is 1. The van der Waals surface area contributed by atoms with E-state index in [0.717, 1.165) is 0 Å². The summed E-state index contributed by atoms with van der Waals surface area (Å²) in [5.41, 5.74) is 0.227. The van der Waals surface area contributed by atoms with Crippen molar-refractivity contribution < 1.29 is 28.5 Å². The van der Waals surface area contributed by atoms with Gasteiger partial charge >= 0.3 is 0 Å². The van der Waals surface area contributed by atoms with E-state index in [-0.39, 0.29) is 16.8 Å². The van der Waals surface area contributed by atoms with Gasteiger partial charge in [-0.15, -0.1) is 4.91 Å². The lowest BCUT2D eigenvalue weighted by Gasteiger charge is -2.15. The molecule has 2 aromatic carbocycles. The summed E-state index contributed by atoms with van der Waals surface area (Å²) in [4.78, 5) is 24.2. The lowest BCUT2D eigenvalue weighted by atomic mass is 10.00. The van der Waals surface area contributed by atoms with Gasteiger partial charge in [-0.3, -0.25) is 4.79 Å². The van der Waals surface area contributed by atoms with Crippen molar-refractivity contribution in [2.24, 2.45) is 5.18 Å². The van der Waals surface area contributed by atoms with E-state index in [9.17, 15) is 9.70 Å². The molecule has 8 heteroatoms. The number of hydrogen-bond donors (Lipinski definition) is 0. The molecule has 2 aromatic rings. The van der Waals surface area contributed by atoms with Gasteiger partial charge in [0.05, 0.1) is 41.1 Å². The molecular weight excluding hydrogens is 342 g/mol. The molecule has 2 rings (SSSR count). The Hall–Kier alpha value is -3.29. The SMILES string of the molecule is COc1cc(N=O)c(C(=O)c2cc(OC)c(OC)c(OC)c2)cc1OC. The minimum absolute atomic E-state index is 0.0620. The molecule has 0 aliphatic rings. The molecule has 0 radical (unpaired) electrons. The Balaban J connectivity index is 2.64. The highest BCUT2D eigenvalue weighted by Gasteiger charge is 2.22. The van der Waals surface area contributed by atoms with Crippen molar-refractivity contribution in [1.82, 2.24) is 0 Å². The van der Waals surface area contributed by atoms with Crippen LogP contribution >= 0.6 is 0 Å². The summed E-state index contributed by atoms with van der Waals surface area (Å²) in [6.45, 7) is 0. The Kier molecular flexibility index (Phi) is 6.00. The van der Waals surface area contributed by atoms with Crippen LogP contribution in [0.1, 0.15) is 15.9 Å². The minimum atomic E-state index is -0.459. The van der Waals surface area contributed by atoms with E-state index in [1.807, 2.05) is 0 Å². The maximum Gasteiger partial charge on any atom is 0.203 e. The number of benzene rings is 2. The third kappa shape index (κ3) is 3.39. The van der Waals surface area contributed by atoms with Crippen molar-refractivity contribution in [3.63, 3.8) is 0 Å². The normalized spacial score (nSPS) is 10.0. The molecule has 0 N–H and O–H groups in total. The Morgan fingerprint density at radius 3 is 1.65 bits per heavy atom. The standard InChI is InChI=1S/C18H19NO7/c1-22-13-8-11(12(19-21)9-14(13)23-2)17(20)10-6-15(24-3)18(26-5)16(7-10)25-4/h6-9H,1-5H3. The fourth-order valence-electron chi connectivity index (χ4n) is 2.49. The van der Waals surface area contributed by atoms with Gasteiger partial charge in [0.25, 0.3) is 0 Å². The van der Waals surface area contributed by atoms with Crippen molar-refractivity contribution in [2.75, 3.05) is 35.5 Å². The first-order valence-corrected chi connectivity index (χ1v) is 7.48. The van der Waals surface area contributed by atoms with Crippen LogP contribution in [-0.4, -0.2) is 41.3 Å². The molecule has 0 aromatic heterocycles. The molecule has 0 bridgehead atoms. The van der Waals surface area contributed by atoms with Crippen LogP contribution in [0.4, 0.5) is 5.69 Å². The number of nitrogens with zero attached hydrogens (tertiary/aromatic N) is 1. The highest BCUT2D eigenvalue weighted by atomic mass is 16.5. The maximum atomic E-state index is 13.0. The zero-order chi connectivity index (χ0) is 19.3. The smallest absolute Gasteiger partial charge is 0.203 e. The quantitative estimate of drug-likeness (QED) is 0.526. The van der Waals surface area contributed by atoms with Crippen LogP contribution in [0.25, 0.3) is 0 Å². The lowest BCUT2D eigenvalue weighted by molar-refractivity contribution is 0.103. The number of carbonyl (C=O) groups is 1. The third-order valence-corrected chi connectivity index (χ3v) is 3.77. The Labute approximate surface area is 150 Å². The topological polar surface area (TPSA) is 92.7 Å². The summed E-state index contributed by atoms with van der Waals surface area (Å²) < 4.78 is 26.1. The maximum absolute atomic E-state index is 13.0. The molecule has 26 heavy (non-hydrogen) atoms. The summed E-state index contributed by atoms with van der Waals surface area (Å²) in [7, 11) is 7.21. The first kappa shape index (κ1) is 19.0. The van der Waals surface area contributed by atoms with Crippen LogP contribution in [0.15, 0.2) is 29.4 Å². The lowest BCUT2D eigenvalue weighted by Crippen LogP contribution is -2.05. The second-order valence-corrected chi connectivity index (χ2v) is 5.06. The van der Waals surface area contributed by atoms with Crippen molar-refractivity contribution in [2.45, 2.75) is 0 Å². The predicted octanol–water partition coefficient (Wildman–Crippen LogP) is 3.36. The van der Waals surface area contributed by atoms with Crippen molar-refractivity contribution in [3.8, 4) is 28.7 Å². The highest BCUT2D eigenvalue weighted by Crippen LogP contribution is 2.40. The van der Waals surface area contributed by atoms with Gasteiger partial charge in [-0.25, -0.2) is 0 Å². The average Bonchev–Trinajstić information content (AvgIpc) is 2.70. The Morgan fingerprint density at radius 2 is 1.23 bits per heavy atom. The molecule has 0 heterocycles. The van der Waals surface area contributed by atoms with Crippen molar-refractivity contribution in [1.29, 1.82) is 0 Å². The van der Waals surface area contributed by atoms with Crippen molar-refractivity contribution >= 4 is 11.5 Å². The average molecular weight is 361 g/mol. The van der Waals surface area contributed by atoms with Crippen LogP contribution in [0, 0.1) is 4.91 Å². The molecule has 0 saturated carbocycles. The third-order valence-electron chi connectivity index (χ3n) is 3.77. The predicted molar refractivity (Wildman–Crippen MR) is 94.5 cm³/mol. The minimum Gasteiger partial charge on any atom is -0.493 e. The van der Waals surface area contributed by atoms with E-state index >= 15 is 0 Å². The zero-order valence-electron chi connectivity index (χ0n) is 15.1. The molecule has 0 aliphatic carbocycles. The molecule has 0 unspecified atom stereocenters. The van der Waals surface area contributed by atoms with Gasteiger partial charge in [0.1, 0.15) is 5.69 Å². The monoisotopic (exact) mass is 361 g/mol. The van der Waals surface area contributed by atoms with Crippen LogP contribution in [0.2, 0.25) is 0 Å². The molecule has 8 nitrogen and oxygen atoms in total. The summed E-state index contributed by atoms with van der Waals surface area (Å²) in [5, 5.41) is 2.93. The summed E-state index contributed by atoms with van der Waals surface area (Å²) in [5.74, 6) is 1.12. The molecule has 0 saturated heterocycles. The van der Waals surface area contributed by atoms with Gasteiger partial charge in [0.2, 0.25) is 5.75 Å². The number of rotatable bonds is 8. The second kappa shape index (κ2) is 8.19. The Bertz CT molecular complexity index is 808. The molecule has 0 spiro atoms. The van der Waals surface area contributed by atoms with E-state index in [0.29, 0.717) is 28.7 Å². The molecule has 138 valence electrons. The van der Waals surface area contributed by atoms with Crippen LogP contribution in [0.3, 0.4) is 0 Å². The zero-order valence-corrected chi connectivity index (χ0v) is 15.1. The van der Waals surface area contributed by atoms with Gasteiger partial charge < -0.3 is 23.7 Å².